The van der Waals surface area contributed by atoms with E-state index in [4.69, 9.17) is 16.6 Å². The highest BCUT2D eigenvalue weighted by Crippen LogP contribution is 2.29. The van der Waals surface area contributed by atoms with Gasteiger partial charge in [-0.1, -0.05) is 6.92 Å². The van der Waals surface area contributed by atoms with Gasteiger partial charge in [0.05, 0.1) is 11.1 Å². The lowest BCUT2D eigenvalue weighted by atomic mass is 10.3. The summed E-state index contributed by atoms with van der Waals surface area (Å²) in [6, 6.07) is 8.34. The van der Waals surface area contributed by atoms with Gasteiger partial charge in [0.1, 0.15) is 11.3 Å². The van der Waals surface area contributed by atoms with Gasteiger partial charge in [-0.2, -0.15) is 5.10 Å². The fraction of sp³-hybridized carbons (Fsp3) is 0.333. The summed E-state index contributed by atoms with van der Waals surface area (Å²) < 4.78 is 5.20. The van der Waals surface area contributed by atoms with Crippen LogP contribution in [0.1, 0.15) is 30.7 Å². The third kappa shape index (κ3) is 2.46. The van der Waals surface area contributed by atoms with Crippen molar-refractivity contribution < 1.29 is 0 Å². The summed E-state index contributed by atoms with van der Waals surface area (Å²) >= 11 is 8.65. The number of hydrogen-bond donors (Lipinski definition) is 0. The molecule has 0 saturated carbocycles. The molecule has 1 aromatic carbocycles. The molecule has 3 rings (SSSR count). The van der Waals surface area contributed by atoms with E-state index in [9.17, 15) is 0 Å². The van der Waals surface area contributed by atoms with Crippen LogP contribution in [-0.2, 0) is 13.5 Å². The fourth-order valence-electron chi connectivity index (χ4n) is 2.55. The molecule has 2 heterocycles. The van der Waals surface area contributed by atoms with Crippen LogP contribution in [-0.4, -0.2) is 19.3 Å². The van der Waals surface area contributed by atoms with Gasteiger partial charge in [0, 0.05) is 16.3 Å². The number of aromatic nitrogens is 4. The van der Waals surface area contributed by atoms with Crippen molar-refractivity contribution in [3.63, 3.8) is 0 Å². The van der Waals surface area contributed by atoms with Gasteiger partial charge in [0.25, 0.3) is 0 Å². The quantitative estimate of drug-likeness (QED) is 0.475. The zero-order valence-corrected chi connectivity index (χ0v) is 15.1. The van der Waals surface area contributed by atoms with E-state index in [1.807, 2.05) is 18.7 Å². The summed E-state index contributed by atoms with van der Waals surface area (Å²) in [5.41, 5.74) is 4.01. The number of rotatable bonds is 3. The average molecular weight is 415 g/mol. The van der Waals surface area contributed by atoms with E-state index in [-0.39, 0.29) is 5.38 Å². The van der Waals surface area contributed by atoms with Gasteiger partial charge in [-0.05, 0) is 60.2 Å². The maximum Gasteiger partial charge on any atom is 0.163 e. The van der Waals surface area contributed by atoms with Gasteiger partial charge in [0.2, 0.25) is 0 Å². The van der Waals surface area contributed by atoms with E-state index in [0.717, 1.165) is 34.8 Å². The Labute approximate surface area is 142 Å². The highest BCUT2D eigenvalue weighted by atomic mass is 127. The first kappa shape index (κ1) is 14.8. The Kier molecular flexibility index (Phi) is 3.96. The van der Waals surface area contributed by atoms with E-state index < -0.39 is 0 Å². The van der Waals surface area contributed by atoms with Crippen LogP contribution < -0.4 is 0 Å². The average Bonchev–Trinajstić information content (AvgIpc) is 2.98. The minimum absolute atomic E-state index is 0.165. The van der Waals surface area contributed by atoms with Crippen LogP contribution in [0.2, 0.25) is 0 Å². The number of alkyl halides is 1. The molecular weight excluding hydrogens is 399 g/mol. The zero-order valence-electron chi connectivity index (χ0n) is 12.1. The lowest BCUT2D eigenvalue weighted by Crippen LogP contribution is -2.06. The van der Waals surface area contributed by atoms with E-state index >= 15 is 0 Å². The minimum Gasteiger partial charge on any atom is -0.280 e. The van der Waals surface area contributed by atoms with Crippen LogP contribution in [0.15, 0.2) is 24.3 Å². The van der Waals surface area contributed by atoms with Gasteiger partial charge < -0.3 is 0 Å². The summed E-state index contributed by atoms with van der Waals surface area (Å²) in [4.78, 5) is 4.75. The number of halogens is 2. The summed E-state index contributed by atoms with van der Waals surface area (Å²) in [5.74, 6) is 0.857. The summed E-state index contributed by atoms with van der Waals surface area (Å²) in [6.45, 7) is 4.04. The van der Waals surface area contributed by atoms with Crippen LogP contribution in [0, 0.1) is 3.57 Å². The summed E-state index contributed by atoms with van der Waals surface area (Å²) in [5, 5.41) is 4.40. The molecule has 0 aliphatic heterocycles. The van der Waals surface area contributed by atoms with Crippen LogP contribution in [0.25, 0.3) is 16.9 Å². The first-order valence-electron chi connectivity index (χ1n) is 6.87. The highest BCUT2D eigenvalue weighted by molar-refractivity contribution is 14.1. The van der Waals surface area contributed by atoms with Crippen molar-refractivity contribution in [2.45, 2.75) is 25.6 Å². The van der Waals surface area contributed by atoms with Crippen LogP contribution in [0.5, 0.6) is 0 Å². The lowest BCUT2D eigenvalue weighted by molar-refractivity contribution is 0.738. The minimum atomic E-state index is -0.165. The maximum absolute atomic E-state index is 6.35. The number of aryl methyl sites for hydroxylation is 2. The normalized spacial score (nSPS) is 13.0. The van der Waals surface area contributed by atoms with Crippen molar-refractivity contribution in [2.75, 3.05) is 0 Å². The molecule has 0 aliphatic carbocycles. The monoisotopic (exact) mass is 414 g/mol. The molecule has 2 aromatic heterocycles. The number of nitrogens with zero attached hydrogens (tertiary/aromatic N) is 4. The maximum atomic E-state index is 6.35. The van der Waals surface area contributed by atoms with E-state index in [0.29, 0.717) is 0 Å². The van der Waals surface area contributed by atoms with Gasteiger partial charge >= 0.3 is 0 Å². The second kappa shape index (κ2) is 5.61. The van der Waals surface area contributed by atoms with E-state index in [1.165, 1.54) is 3.57 Å². The van der Waals surface area contributed by atoms with Crippen LogP contribution in [0.4, 0.5) is 0 Å². The van der Waals surface area contributed by atoms with Crippen molar-refractivity contribution in [2.24, 2.45) is 7.05 Å². The van der Waals surface area contributed by atoms with Crippen molar-refractivity contribution in [3.8, 4) is 5.69 Å². The molecule has 0 N–H and O–H groups in total. The number of fused-ring (bicyclic) bond motifs is 1. The molecule has 1 unspecified atom stereocenters. The molecule has 0 saturated heterocycles. The second-order valence-corrected chi connectivity index (χ2v) is 6.89. The van der Waals surface area contributed by atoms with E-state index in [1.54, 1.807) is 0 Å². The molecule has 0 radical (unpaired) electrons. The highest BCUT2D eigenvalue weighted by Gasteiger charge is 2.21. The smallest absolute Gasteiger partial charge is 0.163 e. The molecule has 0 spiro atoms. The molecule has 0 bridgehead atoms. The Morgan fingerprint density at radius 3 is 2.52 bits per heavy atom. The number of imidazole rings is 1. The fourth-order valence-corrected chi connectivity index (χ4v) is 3.05. The standard InChI is InChI=1S/C15H16ClIN4/c1-4-12-13-15(20(3)19-12)21(14(18-13)9(2)16)11-7-5-10(17)6-8-11/h5-9H,4H2,1-3H3. The lowest BCUT2D eigenvalue weighted by Gasteiger charge is -2.11. The molecule has 0 amide bonds. The largest absolute Gasteiger partial charge is 0.280 e. The van der Waals surface area contributed by atoms with Crippen LogP contribution in [0.3, 0.4) is 0 Å². The molecule has 6 heteroatoms. The molecule has 110 valence electrons. The Balaban J connectivity index is 2.35. The van der Waals surface area contributed by atoms with Gasteiger partial charge in [0.15, 0.2) is 5.65 Å². The SMILES string of the molecule is CCc1nn(C)c2c1nc(C(C)Cl)n2-c1ccc(I)cc1. The topological polar surface area (TPSA) is 35.6 Å². The van der Waals surface area contributed by atoms with Crippen molar-refractivity contribution in [1.29, 1.82) is 0 Å². The summed E-state index contributed by atoms with van der Waals surface area (Å²) in [6.07, 6.45) is 0.858. The predicted molar refractivity (Wildman–Crippen MR) is 94.2 cm³/mol. The number of hydrogen-bond acceptors (Lipinski definition) is 2. The third-order valence-corrected chi connectivity index (χ3v) is 4.42. The van der Waals surface area contributed by atoms with E-state index in [2.05, 4.69) is 63.4 Å². The van der Waals surface area contributed by atoms with Gasteiger partial charge in [-0.15, -0.1) is 11.6 Å². The molecule has 21 heavy (non-hydrogen) atoms. The van der Waals surface area contributed by atoms with Gasteiger partial charge in [-0.25, -0.2) is 9.67 Å². The molecular formula is C15H16ClIN4. The van der Waals surface area contributed by atoms with Crippen molar-refractivity contribution >= 4 is 45.4 Å². The van der Waals surface area contributed by atoms with Crippen LogP contribution >= 0.6 is 34.2 Å². The Hall–Kier alpha value is -1.08. The van der Waals surface area contributed by atoms with Crippen molar-refractivity contribution in [1.82, 2.24) is 19.3 Å². The second-order valence-electron chi connectivity index (χ2n) is 4.99. The predicted octanol–water partition coefficient (Wildman–Crippen LogP) is 4.23. The van der Waals surface area contributed by atoms with Crippen molar-refractivity contribution in [3.05, 3.63) is 39.4 Å². The molecule has 0 aliphatic rings. The number of benzene rings is 1. The first-order valence-corrected chi connectivity index (χ1v) is 8.38. The van der Waals surface area contributed by atoms with Gasteiger partial charge in [-0.3, -0.25) is 4.57 Å². The Bertz CT molecular complexity index is 786. The Morgan fingerprint density at radius 1 is 1.29 bits per heavy atom. The molecule has 4 nitrogen and oxygen atoms in total. The first-order chi connectivity index (χ1) is 10.0. The molecule has 3 aromatic rings. The third-order valence-electron chi connectivity index (χ3n) is 3.51. The molecule has 0 fully saturated rings. The Morgan fingerprint density at radius 2 is 1.95 bits per heavy atom. The molecule has 1 atom stereocenters. The zero-order chi connectivity index (χ0) is 15.1. The summed E-state index contributed by atoms with van der Waals surface area (Å²) in [7, 11) is 1.95.